The number of benzene rings is 1. The van der Waals surface area contributed by atoms with E-state index in [2.05, 4.69) is 0 Å². The molecular weight excluding hydrogens is 366 g/mol. The minimum absolute atomic E-state index is 0.250. The van der Waals surface area contributed by atoms with Gasteiger partial charge in [-0.15, -0.1) is 0 Å². The summed E-state index contributed by atoms with van der Waals surface area (Å²) >= 11 is 0. The third-order valence-corrected chi connectivity index (χ3v) is 4.65. The van der Waals surface area contributed by atoms with Gasteiger partial charge in [0.05, 0.1) is 5.56 Å². The van der Waals surface area contributed by atoms with Crippen LogP contribution in [0.1, 0.15) is 30.6 Å². The van der Waals surface area contributed by atoms with Crippen LogP contribution in [-0.2, 0) is 28.5 Å². The highest BCUT2D eigenvalue weighted by molar-refractivity contribution is 5.89. The third kappa shape index (κ3) is 3.51. The van der Waals surface area contributed by atoms with E-state index in [1.54, 1.807) is 18.2 Å². The summed E-state index contributed by atoms with van der Waals surface area (Å²) in [6.07, 6.45) is -4.92. The lowest BCUT2D eigenvalue weighted by atomic mass is 9.94. The fraction of sp³-hybridized carbons (Fsp3) is 0.500. The maximum atomic E-state index is 14.2. The Labute approximate surface area is 153 Å². The number of hydrogen-bond donors (Lipinski definition) is 0. The van der Waals surface area contributed by atoms with Crippen molar-refractivity contribution in [2.75, 3.05) is 6.61 Å². The van der Waals surface area contributed by atoms with Crippen molar-refractivity contribution in [3.63, 3.8) is 0 Å². The summed E-state index contributed by atoms with van der Waals surface area (Å²) in [5.74, 6) is -5.52. The molecule has 1 saturated heterocycles. The molecule has 146 valence electrons. The molecule has 1 aromatic rings. The Morgan fingerprint density at radius 3 is 2.22 bits per heavy atom. The normalized spacial score (nSPS) is 30.6. The zero-order chi connectivity index (χ0) is 19.8. The van der Waals surface area contributed by atoms with Crippen molar-refractivity contribution in [1.82, 2.24) is 0 Å². The Morgan fingerprint density at radius 1 is 1.11 bits per heavy atom. The first-order chi connectivity index (χ1) is 12.7. The number of hydrogen-bond acceptors (Lipinski definition) is 7. The van der Waals surface area contributed by atoms with E-state index in [0.717, 1.165) is 13.8 Å². The number of halogens is 2. The number of carbonyl (C=O) groups is 3. The number of carbonyl (C=O) groups excluding carboxylic acids is 3. The summed E-state index contributed by atoms with van der Waals surface area (Å²) in [6.45, 7) is 1.63. The Morgan fingerprint density at radius 2 is 1.70 bits per heavy atom. The Kier molecular flexibility index (Phi) is 4.90. The summed E-state index contributed by atoms with van der Waals surface area (Å²) in [5.41, 5.74) is -1.66. The second-order valence-electron chi connectivity index (χ2n) is 6.52. The van der Waals surface area contributed by atoms with Gasteiger partial charge in [-0.1, -0.05) is 18.2 Å². The number of esters is 3. The highest BCUT2D eigenvalue weighted by atomic mass is 19.3. The fourth-order valence-electron chi connectivity index (χ4n) is 3.35. The molecule has 0 amide bonds. The lowest BCUT2D eigenvalue weighted by Crippen LogP contribution is -2.40. The second-order valence-corrected chi connectivity index (χ2v) is 6.52. The van der Waals surface area contributed by atoms with Gasteiger partial charge >= 0.3 is 17.9 Å². The molecule has 27 heavy (non-hydrogen) atoms. The average Bonchev–Trinajstić information content (AvgIpc) is 3.07. The first-order valence-corrected chi connectivity index (χ1v) is 8.27. The highest BCUT2D eigenvalue weighted by Crippen LogP contribution is 2.69. The van der Waals surface area contributed by atoms with E-state index >= 15 is 0 Å². The molecule has 1 aliphatic heterocycles. The zero-order valence-electron chi connectivity index (χ0n) is 14.6. The van der Waals surface area contributed by atoms with Crippen molar-refractivity contribution in [3.8, 4) is 0 Å². The highest BCUT2D eigenvalue weighted by Gasteiger charge is 2.84. The molecule has 1 spiro atoms. The predicted molar refractivity (Wildman–Crippen MR) is 84.7 cm³/mol. The second kappa shape index (κ2) is 6.88. The topological polar surface area (TPSA) is 88.1 Å². The molecule has 1 saturated carbocycles. The van der Waals surface area contributed by atoms with Crippen molar-refractivity contribution in [2.24, 2.45) is 5.41 Å². The Hall–Kier alpha value is -2.55. The minimum Gasteiger partial charge on any atom is -0.459 e. The van der Waals surface area contributed by atoms with Gasteiger partial charge in [0, 0.05) is 20.3 Å². The van der Waals surface area contributed by atoms with Crippen LogP contribution >= 0.6 is 0 Å². The van der Waals surface area contributed by atoms with Crippen LogP contribution in [0.5, 0.6) is 0 Å². The zero-order valence-corrected chi connectivity index (χ0v) is 14.6. The molecular formula is C18H18F2O7. The van der Waals surface area contributed by atoms with E-state index < -0.39 is 60.8 Å². The van der Waals surface area contributed by atoms with E-state index in [1.807, 2.05) is 0 Å². The SMILES string of the molecule is CC(=O)OC1O[C@H](COC(=O)c2ccccc2)[C@]2(CC2(F)F)[C@H]1OC(C)=O. The monoisotopic (exact) mass is 384 g/mol. The first kappa shape index (κ1) is 19.2. The molecule has 0 aromatic heterocycles. The molecule has 9 heteroatoms. The molecule has 0 N–H and O–H groups in total. The maximum Gasteiger partial charge on any atom is 0.338 e. The van der Waals surface area contributed by atoms with E-state index in [0.29, 0.717) is 0 Å². The van der Waals surface area contributed by atoms with Crippen LogP contribution in [0, 0.1) is 5.41 Å². The van der Waals surface area contributed by atoms with E-state index in [9.17, 15) is 23.2 Å². The largest absolute Gasteiger partial charge is 0.459 e. The molecule has 1 unspecified atom stereocenters. The van der Waals surface area contributed by atoms with Gasteiger partial charge in [-0.25, -0.2) is 13.6 Å². The molecule has 0 radical (unpaired) electrons. The van der Waals surface area contributed by atoms with Crippen molar-refractivity contribution < 1.29 is 42.1 Å². The molecule has 1 aliphatic carbocycles. The van der Waals surface area contributed by atoms with E-state index in [4.69, 9.17) is 18.9 Å². The van der Waals surface area contributed by atoms with Crippen molar-refractivity contribution >= 4 is 17.9 Å². The molecule has 7 nitrogen and oxygen atoms in total. The molecule has 4 atom stereocenters. The van der Waals surface area contributed by atoms with Crippen LogP contribution in [0.25, 0.3) is 0 Å². The number of ether oxygens (including phenoxy) is 4. The van der Waals surface area contributed by atoms with Gasteiger partial charge in [0.15, 0.2) is 6.10 Å². The number of alkyl halides is 2. The number of rotatable bonds is 5. The molecule has 2 aliphatic rings. The standard InChI is InChI=1S/C18H18F2O7/c1-10(21)25-14-16(26-11(2)22)27-13(17(14)9-18(17,19)20)8-24-15(23)12-6-4-3-5-7-12/h3-7,13-14,16H,8-9H2,1-2H3/t13-,14+,16?,17-/m1/s1. The smallest absolute Gasteiger partial charge is 0.338 e. The van der Waals surface area contributed by atoms with Crippen LogP contribution in [0.3, 0.4) is 0 Å². The van der Waals surface area contributed by atoms with Gasteiger partial charge in [-0.3, -0.25) is 9.59 Å². The van der Waals surface area contributed by atoms with Gasteiger partial charge in [0.2, 0.25) is 6.29 Å². The molecule has 2 fully saturated rings. The van der Waals surface area contributed by atoms with E-state index in [1.165, 1.54) is 12.1 Å². The van der Waals surface area contributed by atoms with Crippen LogP contribution in [0.15, 0.2) is 30.3 Å². The predicted octanol–water partition coefficient (Wildman–Crippen LogP) is 2.09. The fourth-order valence-corrected chi connectivity index (χ4v) is 3.35. The van der Waals surface area contributed by atoms with Crippen LogP contribution in [0.2, 0.25) is 0 Å². The lowest BCUT2D eigenvalue weighted by molar-refractivity contribution is -0.196. The summed E-state index contributed by atoms with van der Waals surface area (Å²) < 4.78 is 48.9. The van der Waals surface area contributed by atoms with Gasteiger partial charge in [-0.05, 0) is 12.1 Å². The van der Waals surface area contributed by atoms with Crippen LogP contribution < -0.4 is 0 Å². The molecule has 0 bridgehead atoms. The quantitative estimate of drug-likeness (QED) is 0.567. The minimum atomic E-state index is -3.22. The van der Waals surface area contributed by atoms with Crippen LogP contribution in [0.4, 0.5) is 8.78 Å². The van der Waals surface area contributed by atoms with Crippen molar-refractivity contribution in [3.05, 3.63) is 35.9 Å². The van der Waals surface area contributed by atoms with Gasteiger partial charge < -0.3 is 18.9 Å². The first-order valence-electron chi connectivity index (χ1n) is 8.27. The maximum absolute atomic E-state index is 14.2. The van der Waals surface area contributed by atoms with E-state index in [-0.39, 0.29) is 5.56 Å². The average molecular weight is 384 g/mol. The summed E-state index contributed by atoms with van der Waals surface area (Å²) in [6, 6.07) is 8.01. The Bertz CT molecular complexity index is 751. The lowest BCUT2D eigenvalue weighted by Gasteiger charge is -2.23. The molecule has 1 heterocycles. The van der Waals surface area contributed by atoms with Gasteiger partial charge in [0.25, 0.3) is 5.92 Å². The summed E-state index contributed by atoms with van der Waals surface area (Å²) in [5, 5.41) is 0. The summed E-state index contributed by atoms with van der Waals surface area (Å²) in [4.78, 5) is 34.7. The van der Waals surface area contributed by atoms with Crippen LogP contribution in [-0.4, -0.2) is 48.9 Å². The third-order valence-electron chi connectivity index (χ3n) is 4.65. The summed E-state index contributed by atoms with van der Waals surface area (Å²) in [7, 11) is 0. The Balaban J connectivity index is 1.78. The van der Waals surface area contributed by atoms with Gasteiger partial charge in [-0.2, -0.15) is 0 Å². The van der Waals surface area contributed by atoms with Crippen molar-refractivity contribution in [1.29, 1.82) is 0 Å². The van der Waals surface area contributed by atoms with Crippen molar-refractivity contribution in [2.45, 2.75) is 44.7 Å². The molecule has 1 aromatic carbocycles. The molecule has 3 rings (SSSR count). The van der Waals surface area contributed by atoms with Gasteiger partial charge in [0.1, 0.15) is 18.1 Å².